The van der Waals surface area contributed by atoms with Gasteiger partial charge in [0, 0.05) is 5.56 Å². The van der Waals surface area contributed by atoms with Crippen molar-refractivity contribution in [3.63, 3.8) is 0 Å². The average molecular weight is 293 g/mol. The van der Waals surface area contributed by atoms with Crippen LogP contribution < -0.4 is 9.47 Å². The van der Waals surface area contributed by atoms with Crippen LogP contribution in [0.1, 0.15) is 15.9 Å². The Hall–Kier alpha value is -2.20. The fraction of sp³-hybridized carbons (Fsp3) is 0.133. The standard InChI is InChI=1S/C15H13ClO4/c1-19-13-8-3-2-5-10(13)9-20-14-11(15(17)18)6-4-7-12(14)16/h2-8H,9H2,1H3,(H,17,18). The fourth-order valence-electron chi connectivity index (χ4n) is 1.80. The van der Waals surface area contributed by atoms with Crippen molar-refractivity contribution in [3.8, 4) is 11.5 Å². The largest absolute Gasteiger partial charge is 0.496 e. The molecule has 20 heavy (non-hydrogen) atoms. The summed E-state index contributed by atoms with van der Waals surface area (Å²) in [5, 5.41) is 9.39. The number of methoxy groups -OCH3 is 1. The number of carboxylic acid groups (broad SMARTS) is 1. The van der Waals surface area contributed by atoms with Gasteiger partial charge in [-0.25, -0.2) is 4.79 Å². The Morgan fingerprint density at radius 1 is 1.20 bits per heavy atom. The highest BCUT2D eigenvalue weighted by molar-refractivity contribution is 6.32. The first-order valence-corrected chi connectivity index (χ1v) is 6.27. The summed E-state index contributed by atoms with van der Waals surface area (Å²) in [7, 11) is 1.57. The molecule has 0 aliphatic carbocycles. The van der Waals surface area contributed by atoms with Crippen LogP contribution in [0.2, 0.25) is 5.02 Å². The minimum absolute atomic E-state index is 0.0346. The number of aromatic carboxylic acids is 1. The van der Waals surface area contributed by atoms with Crippen LogP contribution in [0.3, 0.4) is 0 Å². The van der Waals surface area contributed by atoms with Gasteiger partial charge in [0.05, 0.1) is 12.1 Å². The Kier molecular flexibility index (Phi) is 4.48. The summed E-state index contributed by atoms with van der Waals surface area (Å²) in [5.41, 5.74) is 0.846. The number of ether oxygens (including phenoxy) is 2. The van der Waals surface area contributed by atoms with E-state index in [2.05, 4.69) is 0 Å². The average Bonchev–Trinajstić information content (AvgIpc) is 2.46. The van der Waals surface area contributed by atoms with E-state index in [0.29, 0.717) is 5.75 Å². The quantitative estimate of drug-likeness (QED) is 0.914. The lowest BCUT2D eigenvalue weighted by molar-refractivity contribution is 0.0691. The van der Waals surface area contributed by atoms with Crippen LogP contribution in [-0.4, -0.2) is 18.2 Å². The van der Waals surface area contributed by atoms with Crippen molar-refractivity contribution in [2.75, 3.05) is 7.11 Å². The molecule has 0 aliphatic heterocycles. The second kappa shape index (κ2) is 6.30. The van der Waals surface area contributed by atoms with Gasteiger partial charge in [-0.05, 0) is 18.2 Å². The van der Waals surface area contributed by atoms with Gasteiger partial charge in [-0.1, -0.05) is 35.9 Å². The van der Waals surface area contributed by atoms with E-state index >= 15 is 0 Å². The van der Waals surface area contributed by atoms with Crippen molar-refractivity contribution < 1.29 is 19.4 Å². The second-order valence-electron chi connectivity index (χ2n) is 4.02. The first-order valence-electron chi connectivity index (χ1n) is 5.90. The van der Waals surface area contributed by atoms with E-state index in [1.54, 1.807) is 19.2 Å². The van der Waals surface area contributed by atoms with Gasteiger partial charge in [0.25, 0.3) is 0 Å². The highest BCUT2D eigenvalue weighted by atomic mass is 35.5. The van der Waals surface area contributed by atoms with Gasteiger partial charge >= 0.3 is 5.97 Å². The Balaban J connectivity index is 2.25. The number of hydrogen-bond donors (Lipinski definition) is 1. The lowest BCUT2D eigenvalue weighted by atomic mass is 10.2. The van der Waals surface area contributed by atoms with Crippen molar-refractivity contribution in [1.29, 1.82) is 0 Å². The Labute approximate surface area is 121 Å². The summed E-state index contributed by atoms with van der Waals surface area (Å²) in [6.07, 6.45) is 0. The molecule has 2 aromatic carbocycles. The normalized spacial score (nSPS) is 10.1. The molecule has 0 aliphatic rings. The summed E-state index contributed by atoms with van der Waals surface area (Å²) in [6.45, 7) is 0.175. The second-order valence-corrected chi connectivity index (χ2v) is 4.43. The van der Waals surface area contributed by atoms with Crippen molar-refractivity contribution >= 4 is 17.6 Å². The molecule has 0 fully saturated rings. The molecule has 2 rings (SSSR count). The number of benzene rings is 2. The van der Waals surface area contributed by atoms with E-state index in [9.17, 15) is 4.79 Å². The van der Waals surface area contributed by atoms with E-state index < -0.39 is 5.97 Å². The maximum absolute atomic E-state index is 11.1. The number of carbonyl (C=O) groups is 1. The Bertz CT molecular complexity index is 625. The van der Waals surface area contributed by atoms with Gasteiger partial charge < -0.3 is 14.6 Å². The summed E-state index contributed by atoms with van der Waals surface area (Å²) < 4.78 is 10.8. The molecule has 0 saturated heterocycles. The zero-order valence-corrected chi connectivity index (χ0v) is 11.6. The molecule has 0 heterocycles. The van der Waals surface area contributed by atoms with Gasteiger partial charge in [0.15, 0.2) is 5.75 Å². The van der Waals surface area contributed by atoms with Gasteiger partial charge in [0.2, 0.25) is 0 Å². The highest BCUT2D eigenvalue weighted by Crippen LogP contribution is 2.30. The van der Waals surface area contributed by atoms with Crippen molar-refractivity contribution in [3.05, 3.63) is 58.6 Å². The summed E-state index contributed by atoms with van der Waals surface area (Å²) in [4.78, 5) is 11.1. The Morgan fingerprint density at radius 2 is 1.95 bits per heavy atom. The van der Waals surface area contributed by atoms with Crippen LogP contribution in [-0.2, 0) is 6.61 Å². The number of carboxylic acids is 1. The molecule has 4 nitrogen and oxygen atoms in total. The van der Waals surface area contributed by atoms with E-state index in [4.69, 9.17) is 26.2 Å². The number of rotatable bonds is 5. The molecule has 0 bridgehead atoms. The molecule has 0 atom stereocenters. The Morgan fingerprint density at radius 3 is 2.65 bits per heavy atom. The van der Waals surface area contributed by atoms with Gasteiger partial charge in [-0.2, -0.15) is 0 Å². The van der Waals surface area contributed by atoms with Crippen LogP contribution in [0.25, 0.3) is 0 Å². The molecular formula is C15H13ClO4. The van der Waals surface area contributed by atoms with Crippen LogP contribution in [0.15, 0.2) is 42.5 Å². The number of halogens is 1. The molecule has 0 spiro atoms. The maximum Gasteiger partial charge on any atom is 0.339 e. The molecule has 0 amide bonds. The lowest BCUT2D eigenvalue weighted by Gasteiger charge is -2.12. The predicted octanol–water partition coefficient (Wildman–Crippen LogP) is 3.63. The summed E-state index contributed by atoms with van der Waals surface area (Å²) >= 11 is 5.99. The van der Waals surface area contributed by atoms with E-state index in [1.807, 2.05) is 24.3 Å². The molecule has 2 aromatic rings. The molecule has 5 heteroatoms. The topological polar surface area (TPSA) is 55.8 Å². The number of para-hydroxylation sites is 2. The third kappa shape index (κ3) is 3.03. The third-order valence-electron chi connectivity index (χ3n) is 2.76. The molecular weight excluding hydrogens is 280 g/mol. The molecule has 104 valence electrons. The van der Waals surface area contributed by atoms with Crippen LogP contribution >= 0.6 is 11.6 Å². The lowest BCUT2D eigenvalue weighted by Crippen LogP contribution is -2.04. The third-order valence-corrected chi connectivity index (χ3v) is 3.06. The van der Waals surface area contributed by atoms with Crippen molar-refractivity contribution in [1.82, 2.24) is 0 Å². The molecule has 1 N–H and O–H groups in total. The zero-order chi connectivity index (χ0) is 14.5. The molecule has 0 aromatic heterocycles. The minimum Gasteiger partial charge on any atom is -0.496 e. The first-order chi connectivity index (χ1) is 9.63. The molecule has 0 saturated carbocycles. The van der Waals surface area contributed by atoms with E-state index in [1.165, 1.54) is 6.07 Å². The van der Waals surface area contributed by atoms with Gasteiger partial charge in [0.1, 0.15) is 17.9 Å². The highest BCUT2D eigenvalue weighted by Gasteiger charge is 2.15. The zero-order valence-electron chi connectivity index (χ0n) is 10.8. The van der Waals surface area contributed by atoms with Crippen molar-refractivity contribution in [2.24, 2.45) is 0 Å². The van der Waals surface area contributed by atoms with Crippen molar-refractivity contribution in [2.45, 2.75) is 6.61 Å². The summed E-state index contributed by atoms with van der Waals surface area (Å²) in [5.74, 6) is -0.244. The summed E-state index contributed by atoms with van der Waals surface area (Å²) in [6, 6.07) is 12.0. The minimum atomic E-state index is -1.08. The smallest absolute Gasteiger partial charge is 0.339 e. The predicted molar refractivity (Wildman–Crippen MR) is 75.7 cm³/mol. The van der Waals surface area contributed by atoms with E-state index in [0.717, 1.165) is 5.56 Å². The monoisotopic (exact) mass is 292 g/mol. The molecule has 0 unspecified atom stereocenters. The van der Waals surface area contributed by atoms with Crippen LogP contribution in [0, 0.1) is 0 Å². The molecule has 0 radical (unpaired) electrons. The number of hydrogen-bond acceptors (Lipinski definition) is 3. The van der Waals surface area contributed by atoms with E-state index in [-0.39, 0.29) is 22.9 Å². The fourth-order valence-corrected chi connectivity index (χ4v) is 2.03. The maximum atomic E-state index is 11.1. The SMILES string of the molecule is COc1ccccc1COc1c(Cl)cccc1C(=O)O. The van der Waals surface area contributed by atoms with Gasteiger partial charge in [-0.3, -0.25) is 0 Å². The van der Waals surface area contributed by atoms with Gasteiger partial charge in [-0.15, -0.1) is 0 Å². The first kappa shape index (κ1) is 14.2. The van der Waals surface area contributed by atoms with Crippen LogP contribution in [0.5, 0.6) is 11.5 Å². The van der Waals surface area contributed by atoms with Crippen LogP contribution in [0.4, 0.5) is 0 Å².